The fourth-order valence-corrected chi connectivity index (χ4v) is 3.32. The van der Waals surface area contributed by atoms with Crippen molar-refractivity contribution in [2.24, 2.45) is 0 Å². The van der Waals surface area contributed by atoms with E-state index in [1.54, 1.807) is 19.2 Å². The number of urea groups is 1. The molecular weight excluding hydrogens is 372 g/mol. The van der Waals surface area contributed by atoms with Gasteiger partial charge in [-0.15, -0.1) is 0 Å². The number of hydrogen-bond donors (Lipinski definition) is 2. The summed E-state index contributed by atoms with van der Waals surface area (Å²) in [5, 5.41) is 6.44. The maximum absolute atomic E-state index is 12.8. The smallest absolute Gasteiger partial charge is 0.307 e. The number of aromatic nitrogens is 2. The van der Waals surface area contributed by atoms with Crippen LogP contribution >= 0.6 is 11.6 Å². The van der Waals surface area contributed by atoms with Crippen LogP contribution in [0.2, 0.25) is 5.02 Å². The quantitative estimate of drug-likeness (QED) is 0.568. The normalized spacial score (nSPS) is 10.6. The molecular formula is C22H23ClN4O. The highest BCUT2D eigenvalue weighted by molar-refractivity contribution is 6.33. The topological polar surface area (TPSA) is 66.9 Å². The molecule has 0 radical (unpaired) electrons. The van der Waals surface area contributed by atoms with Gasteiger partial charge >= 0.3 is 6.03 Å². The zero-order valence-electron chi connectivity index (χ0n) is 16.2. The Bertz CT molecular complexity index is 981. The van der Waals surface area contributed by atoms with Crippen LogP contribution in [0.5, 0.6) is 0 Å². The highest BCUT2D eigenvalue weighted by Gasteiger charge is 2.15. The molecule has 3 aromatic rings. The standard InChI is InChI=1S/C22H23ClN4O/c1-4-15-9-8-10-16(5-2)20(15)27-22(28)26-19-13-24-14(3)25-21(19)17-11-6-7-12-18(17)23/h6-13H,4-5H2,1-3H3,(H2,26,27,28). The van der Waals surface area contributed by atoms with Gasteiger partial charge in [0.25, 0.3) is 0 Å². The van der Waals surface area contributed by atoms with Gasteiger partial charge in [0.1, 0.15) is 5.82 Å². The Morgan fingerprint density at radius 2 is 1.68 bits per heavy atom. The van der Waals surface area contributed by atoms with E-state index < -0.39 is 0 Å². The first kappa shape index (κ1) is 19.8. The molecule has 1 aromatic heterocycles. The number of nitrogens with zero attached hydrogens (tertiary/aromatic N) is 2. The Kier molecular flexibility index (Phi) is 6.26. The zero-order valence-corrected chi connectivity index (χ0v) is 17.0. The van der Waals surface area contributed by atoms with E-state index in [9.17, 15) is 4.79 Å². The predicted molar refractivity (Wildman–Crippen MR) is 115 cm³/mol. The number of para-hydroxylation sites is 1. The maximum atomic E-state index is 12.8. The minimum atomic E-state index is -0.337. The average Bonchev–Trinajstić information content (AvgIpc) is 2.70. The Hall–Kier alpha value is -2.92. The monoisotopic (exact) mass is 394 g/mol. The summed E-state index contributed by atoms with van der Waals surface area (Å²) < 4.78 is 0. The van der Waals surface area contributed by atoms with Gasteiger partial charge in [-0.3, -0.25) is 0 Å². The second-order valence-electron chi connectivity index (χ2n) is 6.40. The fourth-order valence-electron chi connectivity index (χ4n) is 3.09. The lowest BCUT2D eigenvalue weighted by Gasteiger charge is -2.16. The van der Waals surface area contributed by atoms with Gasteiger partial charge in [-0.2, -0.15) is 0 Å². The number of anilines is 2. The molecule has 0 saturated carbocycles. The number of nitrogens with one attached hydrogen (secondary N) is 2. The first-order chi connectivity index (χ1) is 13.5. The summed E-state index contributed by atoms with van der Waals surface area (Å²) in [5.41, 5.74) is 4.89. The number of hydrogen-bond acceptors (Lipinski definition) is 3. The summed E-state index contributed by atoms with van der Waals surface area (Å²) >= 11 is 6.34. The summed E-state index contributed by atoms with van der Waals surface area (Å²) in [6.07, 6.45) is 3.27. The largest absolute Gasteiger partial charge is 0.323 e. The minimum absolute atomic E-state index is 0.337. The third-order valence-electron chi connectivity index (χ3n) is 4.52. The van der Waals surface area contributed by atoms with Crippen LogP contribution in [0.15, 0.2) is 48.7 Å². The van der Waals surface area contributed by atoms with Crippen molar-refractivity contribution in [3.8, 4) is 11.3 Å². The van der Waals surface area contributed by atoms with Crippen molar-refractivity contribution >= 4 is 29.0 Å². The van der Waals surface area contributed by atoms with Gasteiger partial charge in [0.05, 0.1) is 22.6 Å². The summed E-state index contributed by atoms with van der Waals surface area (Å²) in [6, 6.07) is 13.1. The Balaban J connectivity index is 1.91. The van der Waals surface area contributed by atoms with Crippen molar-refractivity contribution in [2.45, 2.75) is 33.6 Å². The summed E-state index contributed by atoms with van der Waals surface area (Å²) in [5.74, 6) is 0.602. The lowest BCUT2D eigenvalue weighted by molar-refractivity contribution is 0.262. The number of halogens is 1. The molecule has 0 unspecified atom stereocenters. The molecule has 6 heteroatoms. The molecule has 0 atom stereocenters. The third kappa shape index (κ3) is 4.31. The molecule has 0 bridgehead atoms. The van der Waals surface area contributed by atoms with Gasteiger partial charge in [0, 0.05) is 11.3 Å². The van der Waals surface area contributed by atoms with E-state index in [4.69, 9.17) is 11.6 Å². The molecule has 28 heavy (non-hydrogen) atoms. The van der Waals surface area contributed by atoms with Gasteiger partial charge in [0.15, 0.2) is 0 Å². The Labute approximate surface area is 170 Å². The third-order valence-corrected chi connectivity index (χ3v) is 4.85. The summed E-state index contributed by atoms with van der Waals surface area (Å²) in [7, 11) is 0. The molecule has 0 fully saturated rings. The van der Waals surface area contributed by atoms with Crippen molar-refractivity contribution in [3.05, 3.63) is 70.6 Å². The number of carbonyl (C=O) groups excluding carboxylic acids is 1. The lowest BCUT2D eigenvalue weighted by atomic mass is 10.0. The molecule has 3 rings (SSSR count). The summed E-state index contributed by atoms with van der Waals surface area (Å²) in [6.45, 7) is 5.94. The zero-order chi connectivity index (χ0) is 20.1. The number of benzene rings is 2. The fraction of sp³-hybridized carbons (Fsp3) is 0.227. The number of amides is 2. The van der Waals surface area contributed by atoms with E-state index in [0.29, 0.717) is 22.2 Å². The van der Waals surface area contributed by atoms with Crippen LogP contribution in [0.25, 0.3) is 11.3 Å². The van der Waals surface area contributed by atoms with Gasteiger partial charge < -0.3 is 10.6 Å². The van der Waals surface area contributed by atoms with Crippen molar-refractivity contribution in [1.82, 2.24) is 9.97 Å². The van der Waals surface area contributed by atoms with Gasteiger partial charge in [0.2, 0.25) is 0 Å². The molecule has 0 spiro atoms. The van der Waals surface area contributed by atoms with Gasteiger partial charge in [-0.25, -0.2) is 14.8 Å². The van der Waals surface area contributed by atoms with Crippen LogP contribution in [0.3, 0.4) is 0 Å². The van der Waals surface area contributed by atoms with Crippen LogP contribution in [-0.2, 0) is 12.8 Å². The van der Waals surface area contributed by atoms with E-state index in [0.717, 1.165) is 35.2 Å². The van der Waals surface area contributed by atoms with Crippen molar-refractivity contribution in [1.29, 1.82) is 0 Å². The van der Waals surface area contributed by atoms with Crippen LogP contribution in [0.4, 0.5) is 16.2 Å². The average molecular weight is 395 g/mol. The van der Waals surface area contributed by atoms with Gasteiger partial charge in [-0.1, -0.05) is 61.8 Å². The second-order valence-corrected chi connectivity index (χ2v) is 6.80. The molecule has 0 aliphatic carbocycles. The van der Waals surface area contributed by atoms with E-state index in [-0.39, 0.29) is 6.03 Å². The van der Waals surface area contributed by atoms with Crippen LogP contribution in [0, 0.1) is 6.92 Å². The second kappa shape index (κ2) is 8.85. The molecule has 2 N–H and O–H groups in total. The highest BCUT2D eigenvalue weighted by atomic mass is 35.5. The van der Waals surface area contributed by atoms with Crippen LogP contribution in [-0.4, -0.2) is 16.0 Å². The van der Waals surface area contributed by atoms with Gasteiger partial charge in [-0.05, 0) is 37.0 Å². The molecule has 1 heterocycles. The first-order valence-electron chi connectivity index (χ1n) is 9.30. The minimum Gasteiger partial charge on any atom is -0.307 e. The van der Waals surface area contributed by atoms with E-state index >= 15 is 0 Å². The number of aryl methyl sites for hydroxylation is 3. The number of rotatable bonds is 5. The van der Waals surface area contributed by atoms with E-state index in [2.05, 4.69) is 34.4 Å². The van der Waals surface area contributed by atoms with Crippen molar-refractivity contribution in [3.63, 3.8) is 0 Å². The molecule has 0 saturated heterocycles. The predicted octanol–water partition coefficient (Wildman–Crippen LogP) is 5.87. The molecule has 0 aliphatic rings. The molecule has 144 valence electrons. The van der Waals surface area contributed by atoms with Crippen LogP contribution in [0.1, 0.15) is 30.8 Å². The van der Waals surface area contributed by atoms with Crippen molar-refractivity contribution in [2.75, 3.05) is 10.6 Å². The molecule has 2 amide bonds. The van der Waals surface area contributed by atoms with E-state index in [1.807, 2.05) is 36.4 Å². The highest BCUT2D eigenvalue weighted by Crippen LogP contribution is 2.31. The maximum Gasteiger partial charge on any atom is 0.323 e. The lowest BCUT2D eigenvalue weighted by Crippen LogP contribution is -2.22. The molecule has 2 aromatic carbocycles. The molecule has 5 nitrogen and oxygen atoms in total. The Morgan fingerprint density at radius 1 is 1.00 bits per heavy atom. The number of carbonyl (C=O) groups is 1. The Morgan fingerprint density at radius 3 is 2.32 bits per heavy atom. The first-order valence-corrected chi connectivity index (χ1v) is 9.68. The molecule has 0 aliphatic heterocycles. The van der Waals surface area contributed by atoms with Crippen molar-refractivity contribution < 1.29 is 4.79 Å². The van der Waals surface area contributed by atoms with E-state index in [1.165, 1.54) is 0 Å². The van der Waals surface area contributed by atoms with Crippen LogP contribution < -0.4 is 10.6 Å². The SMILES string of the molecule is CCc1cccc(CC)c1NC(=O)Nc1cnc(C)nc1-c1ccccc1Cl. The summed E-state index contributed by atoms with van der Waals surface area (Å²) in [4.78, 5) is 21.5.